The van der Waals surface area contributed by atoms with Crippen molar-refractivity contribution in [1.29, 1.82) is 0 Å². The van der Waals surface area contributed by atoms with E-state index >= 15 is 0 Å². The van der Waals surface area contributed by atoms with Crippen molar-refractivity contribution in [3.05, 3.63) is 52.6 Å². The second-order valence-electron chi connectivity index (χ2n) is 7.66. The lowest BCUT2D eigenvalue weighted by molar-refractivity contribution is 0.0935. The Morgan fingerprint density at radius 2 is 1.79 bits per heavy atom. The van der Waals surface area contributed by atoms with E-state index in [-0.39, 0.29) is 18.0 Å². The van der Waals surface area contributed by atoms with Crippen LogP contribution in [0.4, 0.5) is 0 Å². The maximum atomic E-state index is 12.8. The highest BCUT2D eigenvalue weighted by molar-refractivity contribution is 5.95. The van der Waals surface area contributed by atoms with Gasteiger partial charge in [-0.05, 0) is 62.1 Å². The van der Waals surface area contributed by atoms with Crippen LogP contribution in [0.15, 0.2) is 30.3 Å². The van der Waals surface area contributed by atoms with Crippen LogP contribution in [0.3, 0.4) is 0 Å². The third-order valence-corrected chi connectivity index (χ3v) is 5.97. The van der Waals surface area contributed by atoms with E-state index in [4.69, 9.17) is 9.47 Å². The molecule has 1 aliphatic heterocycles. The third-order valence-electron chi connectivity index (χ3n) is 5.97. The number of amides is 1. The number of benzene rings is 2. The molecule has 156 valence electrons. The molecule has 0 spiro atoms. The lowest BCUT2D eigenvalue weighted by Crippen LogP contribution is -2.37. The molecular weight excluding hydrogens is 368 g/mol. The molecule has 6 heteroatoms. The van der Waals surface area contributed by atoms with Crippen LogP contribution in [-0.4, -0.2) is 49.3 Å². The highest BCUT2D eigenvalue weighted by Gasteiger charge is 2.29. The average molecular weight is 399 g/mol. The Kier molecular flexibility index (Phi) is 6.33. The van der Waals surface area contributed by atoms with Crippen LogP contribution in [0.25, 0.3) is 0 Å². The van der Waals surface area contributed by atoms with Crippen molar-refractivity contribution < 1.29 is 19.4 Å². The number of hydrogen-bond donors (Lipinski definition) is 2. The molecule has 2 unspecified atom stereocenters. The molecule has 1 aliphatic rings. The Bertz CT molecular complexity index is 874. The minimum atomic E-state index is -0.127. The van der Waals surface area contributed by atoms with Gasteiger partial charge in [0.1, 0.15) is 17.2 Å². The molecule has 2 N–H and O–H groups in total. The number of ether oxygens (including phenoxy) is 2. The first-order valence-electron chi connectivity index (χ1n) is 9.91. The van der Waals surface area contributed by atoms with Gasteiger partial charge >= 0.3 is 0 Å². The van der Waals surface area contributed by atoms with Gasteiger partial charge in [-0.25, -0.2) is 0 Å². The molecule has 1 fully saturated rings. The van der Waals surface area contributed by atoms with Crippen LogP contribution < -0.4 is 14.8 Å². The SMILES string of the molecule is COc1cc(OC)cc(C(=O)NC2CCN(C(C)c3ccc(O)c(C)c3C)C2)c1. The molecule has 0 aliphatic carbocycles. The lowest BCUT2D eigenvalue weighted by atomic mass is 9.97. The summed E-state index contributed by atoms with van der Waals surface area (Å²) in [5.74, 6) is 1.39. The molecule has 2 atom stereocenters. The normalized spacial score (nSPS) is 17.8. The van der Waals surface area contributed by atoms with Gasteiger partial charge in [-0.15, -0.1) is 0 Å². The van der Waals surface area contributed by atoms with Gasteiger partial charge in [-0.3, -0.25) is 9.69 Å². The number of rotatable bonds is 6. The number of phenols is 1. The van der Waals surface area contributed by atoms with Gasteiger partial charge in [0.15, 0.2) is 0 Å². The van der Waals surface area contributed by atoms with Gasteiger partial charge in [-0.2, -0.15) is 0 Å². The molecule has 0 bridgehead atoms. The number of carbonyl (C=O) groups excluding carboxylic acids is 1. The van der Waals surface area contributed by atoms with Crippen LogP contribution >= 0.6 is 0 Å². The van der Waals surface area contributed by atoms with E-state index in [0.717, 1.165) is 30.6 Å². The third kappa shape index (κ3) is 4.48. The van der Waals surface area contributed by atoms with Gasteiger partial charge in [0, 0.05) is 36.8 Å². The second-order valence-corrected chi connectivity index (χ2v) is 7.66. The van der Waals surface area contributed by atoms with Gasteiger partial charge in [0.2, 0.25) is 0 Å². The van der Waals surface area contributed by atoms with Crippen LogP contribution in [0, 0.1) is 13.8 Å². The van der Waals surface area contributed by atoms with Crippen LogP contribution in [0.1, 0.15) is 46.4 Å². The Morgan fingerprint density at radius 1 is 1.14 bits per heavy atom. The fourth-order valence-corrected chi connectivity index (χ4v) is 3.94. The fraction of sp³-hybridized carbons (Fsp3) is 0.435. The average Bonchev–Trinajstić information content (AvgIpc) is 3.19. The summed E-state index contributed by atoms with van der Waals surface area (Å²) in [5, 5.41) is 13.1. The molecule has 1 heterocycles. The molecular formula is C23H30N2O4. The zero-order valence-electron chi connectivity index (χ0n) is 17.8. The largest absolute Gasteiger partial charge is 0.508 e. The van der Waals surface area contributed by atoms with Crippen LogP contribution in [-0.2, 0) is 0 Å². The van der Waals surface area contributed by atoms with E-state index in [1.165, 1.54) is 5.56 Å². The molecule has 2 aromatic rings. The zero-order valence-corrected chi connectivity index (χ0v) is 17.8. The monoisotopic (exact) mass is 398 g/mol. The molecule has 1 saturated heterocycles. The van der Waals surface area contributed by atoms with E-state index < -0.39 is 0 Å². The van der Waals surface area contributed by atoms with Crippen molar-refractivity contribution in [2.75, 3.05) is 27.3 Å². The van der Waals surface area contributed by atoms with Gasteiger partial charge in [0.05, 0.1) is 14.2 Å². The van der Waals surface area contributed by atoms with Crippen molar-refractivity contribution in [1.82, 2.24) is 10.2 Å². The molecule has 1 amide bonds. The lowest BCUT2D eigenvalue weighted by Gasteiger charge is -2.27. The molecule has 0 radical (unpaired) electrons. The summed E-state index contributed by atoms with van der Waals surface area (Å²) < 4.78 is 10.5. The Labute approximate surface area is 172 Å². The van der Waals surface area contributed by atoms with Crippen molar-refractivity contribution in [2.24, 2.45) is 0 Å². The Balaban J connectivity index is 1.67. The topological polar surface area (TPSA) is 71.0 Å². The number of nitrogens with one attached hydrogen (secondary N) is 1. The molecule has 0 aromatic heterocycles. The number of likely N-dealkylation sites (tertiary alicyclic amines) is 1. The quantitative estimate of drug-likeness (QED) is 0.778. The summed E-state index contributed by atoms with van der Waals surface area (Å²) in [7, 11) is 3.14. The maximum absolute atomic E-state index is 12.8. The summed E-state index contributed by atoms with van der Waals surface area (Å²) in [6, 6.07) is 9.24. The zero-order chi connectivity index (χ0) is 21.1. The predicted molar refractivity (Wildman–Crippen MR) is 113 cm³/mol. The maximum Gasteiger partial charge on any atom is 0.251 e. The predicted octanol–water partition coefficient (Wildman–Crippen LogP) is 3.59. The number of methoxy groups -OCH3 is 2. The van der Waals surface area contributed by atoms with E-state index in [0.29, 0.717) is 22.8 Å². The molecule has 0 saturated carbocycles. The Hall–Kier alpha value is -2.73. The van der Waals surface area contributed by atoms with Crippen molar-refractivity contribution in [3.8, 4) is 17.2 Å². The van der Waals surface area contributed by atoms with Gasteiger partial charge < -0.3 is 19.9 Å². The molecule has 29 heavy (non-hydrogen) atoms. The molecule has 3 rings (SSSR count). The highest BCUT2D eigenvalue weighted by atomic mass is 16.5. The summed E-state index contributed by atoms with van der Waals surface area (Å²) in [6.45, 7) is 7.86. The molecule has 2 aromatic carbocycles. The minimum absolute atomic E-state index is 0.0839. The van der Waals surface area contributed by atoms with E-state index in [1.54, 1.807) is 38.5 Å². The number of carbonyl (C=O) groups is 1. The first-order valence-corrected chi connectivity index (χ1v) is 9.91. The summed E-state index contributed by atoms with van der Waals surface area (Å²) >= 11 is 0. The summed E-state index contributed by atoms with van der Waals surface area (Å²) in [4.78, 5) is 15.1. The van der Waals surface area contributed by atoms with E-state index in [1.807, 2.05) is 19.9 Å². The van der Waals surface area contributed by atoms with Crippen molar-refractivity contribution in [2.45, 2.75) is 39.3 Å². The summed E-state index contributed by atoms with van der Waals surface area (Å²) in [5.41, 5.74) is 3.78. The smallest absolute Gasteiger partial charge is 0.251 e. The highest BCUT2D eigenvalue weighted by Crippen LogP contribution is 2.32. The standard InChI is InChI=1S/C23H30N2O4/c1-14-15(2)22(26)7-6-21(14)16(3)25-9-8-18(13-25)24-23(27)17-10-19(28-4)12-20(11-17)29-5/h6-7,10-12,16,18,26H,8-9,13H2,1-5H3,(H,24,27). The van der Waals surface area contributed by atoms with E-state index in [9.17, 15) is 9.90 Å². The van der Waals surface area contributed by atoms with Crippen LogP contribution in [0.2, 0.25) is 0 Å². The number of aromatic hydroxyl groups is 1. The Morgan fingerprint density at radius 3 is 2.41 bits per heavy atom. The fourth-order valence-electron chi connectivity index (χ4n) is 3.94. The van der Waals surface area contributed by atoms with Gasteiger partial charge in [0.25, 0.3) is 5.91 Å². The number of hydrogen-bond acceptors (Lipinski definition) is 5. The second kappa shape index (κ2) is 8.74. The van der Waals surface area contributed by atoms with Gasteiger partial charge in [-0.1, -0.05) is 6.07 Å². The number of nitrogens with zero attached hydrogens (tertiary/aromatic N) is 1. The summed E-state index contributed by atoms with van der Waals surface area (Å²) in [6.07, 6.45) is 0.896. The number of phenolic OH excluding ortho intramolecular Hbond substituents is 1. The first kappa shape index (κ1) is 21.0. The van der Waals surface area contributed by atoms with Crippen molar-refractivity contribution >= 4 is 5.91 Å². The minimum Gasteiger partial charge on any atom is -0.508 e. The first-order chi connectivity index (χ1) is 13.8. The van der Waals surface area contributed by atoms with E-state index in [2.05, 4.69) is 17.1 Å². The van der Waals surface area contributed by atoms with Crippen LogP contribution in [0.5, 0.6) is 17.2 Å². The van der Waals surface area contributed by atoms with Crippen molar-refractivity contribution in [3.63, 3.8) is 0 Å². The molecule has 6 nitrogen and oxygen atoms in total.